The zero-order chi connectivity index (χ0) is 18.1. The van der Waals surface area contributed by atoms with Gasteiger partial charge in [0.25, 0.3) is 0 Å². The van der Waals surface area contributed by atoms with Crippen LogP contribution in [0, 0.1) is 5.92 Å². The minimum absolute atomic E-state index is 0.106. The van der Waals surface area contributed by atoms with Crippen molar-refractivity contribution < 1.29 is 14.3 Å². The Bertz CT molecular complexity index is 542. The number of nitrogens with one attached hydrogen (secondary N) is 1. The molecule has 1 N–H and O–H groups in total. The van der Waals surface area contributed by atoms with E-state index in [2.05, 4.69) is 19.2 Å². The number of benzene rings is 1. The Morgan fingerprint density at radius 2 is 2.12 bits per heavy atom. The molecule has 1 atom stereocenters. The fraction of sp³-hybridized carbons (Fsp3) is 0.650. The lowest BCUT2D eigenvalue weighted by Crippen LogP contribution is -2.43. The molecule has 0 bridgehead atoms. The molecule has 1 aromatic rings. The number of carbonyl (C=O) groups excluding carboxylic acids is 1. The molecule has 0 radical (unpaired) electrons. The number of amides is 1. The van der Waals surface area contributed by atoms with Gasteiger partial charge >= 0.3 is 0 Å². The van der Waals surface area contributed by atoms with E-state index >= 15 is 0 Å². The summed E-state index contributed by atoms with van der Waals surface area (Å²) >= 11 is 0. The van der Waals surface area contributed by atoms with Gasteiger partial charge in [-0.3, -0.25) is 4.79 Å². The van der Waals surface area contributed by atoms with Gasteiger partial charge in [0.05, 0.1) is 19.6 Å². The van der Waals surface area contributed by atoms with Crippen molar-refractivity contribution in [2.45, 2.75) is 46.1 Å². The highest BCUT2D eigenvalue weighted by Crippen LogP contribution is 2.29. The van der Waals surface area contributed by atoms with Gasteiger partial charge in [0.15, 0.2) is 11.5 Å². The lowest BCUT2D eigenvalue weighted by Gasteiger charge is -2.29. The summed E-state index contributed by atoms with van der Waals surface area (Å²) in [5.74, 6) is 1.86. The van der Waals surface area contributed by atoms with Crippen LogP contribution in [0.25, 0.3) is 0 Å². The SMILES string of the molecule is CCCOc1ccc(CN(CCC)C(=O)C2CCCNC2)cc1OC. The summed E-state index contributed by atoms with van der Waals surface area (Å²) in [6.45, 7) is 8.08. The maximum atomic E-state index is 12.9. The molecular formula is C20H32N2O3. The molecule has 1 heterocycles. The Morgan fingerprint density at radius 1 is 1.28 bits per heavy atom. The van der Waals surface area contributed by atoms with E-state index in [0.717, 1.165) is 62.4 Å². The van der Waals surface area contributed by atoms with Crippen molar-refractivity contribution in [3.63, 3.8) is 0 Å². The maximum absolute atomic E-state index is 12.9. The van der Waals surface area contributed by atoms with Crippen molar-refractivity contribution in [1.82, 2.24) is 10.2 Å². The summed E-state index contributed by atoms with van der Waals surface area (Å²) in [5.41, 5.74) is 1.08. The van der Waals surface area contributed by atoms with Gasteiger partial charge in [-0.15, -0.1) is 0 Å². The largest absolute Gasteiger partial charge is 0.493 e. The Balaban J connectivity index is 2.08. The molecule has 1 unspecified atom stereocenters. The van der Waals surface area contributed by atoms with E-state index in [4.69, 9.17) is 9.47 Å². The van der Waals surface area contributed by atoms with Crippen molar-refractivity contribution in [3.05, 3.63) is 23.8 Å². The lowest BCUT2D eigenvalue weighted by molar-refractivity contribution is -0.136. The fourth-order valence-electron chi connectivity index (χ4n) is 3.22. The number of carbonyl (C=O) groups is 1. The minimum Gasteiger partial charge on any atom is -0.493 e. The first-order valence-electron chi connectivity index (χ1n) is 9.48. The van der Waals surface area contributed by atoms with Crippen LogP contribution in [0.5, 0.6) is 11.5 Å². The topological polar surface area (TPSA) is 50.8 Å². The van der Waals surface area contributed by atoms with Gasteiger partial charge in [-0.1, -0.05) is 19.9 Å². The fourth-order valence-corrected chi connectivity index (χ4v) is 3.22. The van der Waals surface area contributed by atoms with E-state index in [-0.39, 0.29) is 11.8 Å². The number of hydrogen-bond acceptors (Lipinski definition) is 4. The molecule has 1 aliphatic rings. The van der Waals surface area contributed by atoms with Crippen LogP contribution in [0.4, 0.5) is 0 Å². The molecule has 5 nitrogen and oxygen atoms in total. The van der Waals surface area contributed by atoms with Crippen LogP contribution in [0.15, 0.2) is 18.2 Å². The maximum Gasteiger partial charge on any atom is 0.227 e. The molecule has 1 aliphatic heterocycles. The third kappa shape index (κ3) is 5.63. The summed E-state index contributed by atoms with van der Waals surface area (Å²) in [6, 6.07) is 5.96. The number of ether oxygens (including phenoxy) is 2. The highest BCUT2D eigenvalue weighted by Gasteiger charge is 2.25. The van der Waals surface area contributed by atoms with Gasteiger partial charge in [-0.05, 0) is 49.9 Å². The molecule has 140 valence electrons. The van der Waals surface area contributed by atoms with Crippen LogP contribution >= 0.6 is 0 Å². The number of hydrogen-bond donors (Lipinski definition) is 1. The van der Waals surface area contributed by atoms with E-state index in [1.165, 1.54) is 0 Å². The third-order valence-corrected chi connectivity index (χ3v) is 4.51. The molecule has 2 rings (SSSR count). The molecule has 0 saturated carbocycles. The number of rotatable bonds is 9. The summed E-state index contributed by atoms with van der Waals surface area (Å²) in [5, 5.41) is 3.34. The normalized spacial score (nSPS) is 17.2. The van der Waals surface area contributed by atoms with E-state index in [9.17, 15) is 4.79 Å². The molecule has 1 aromatic carbocycles. The standard InChI is InChI=1S/C20H32N2O3/c1-4-11-22(20(23)17-7-6-10-21-14-17)15-16-8-9-18(25-12-5-2)19(13-16)24-3/h8-9,13,17,21H,4-7,10-12,14-15H2,1-3H3. The first kappa shape index (κ1) is 19.6. The van der Waals surface area contributed by atoms with Gasteiger partial charge in [-0.25, -0.2) is 0 Å². The average Bonchev–Trinajstić information content (AvgIpc) is 2.66. The zero-order valence-corrected chi connectivity index (χ0v) is 15.8. The van der Waals surface area contributed by atoms with E-state index in [1.54, 1.807) is 7.11 Å². The molecule has 25 heavy (non-hydrogen) atoms. The third-order valence-electron chi connectivity index (χ3n) is 4.51. The van der Waals surface area contributed by atoms with Crippen LogP contribution in [-0.4, -0.2) is 44.2 Å². The Labute approximate surface area is 151 Å². The van der Waals surface area contributed by atoms with Crippen molar-refractivity contribution in [3.8, 4) is 11.5 Å². The van der Waals surface area contributed by atoms with E-state index in [0.29, 0.717) is 13.2 Å². The molecule has 1 saturated heterocycles. The van der Waals surface area contributed by atoms with Gasteiger partial charge in [0.2, 0.25) is 5.91 Å². The van der Waals surface area contributed by atoms with Gasteiger partial charge < -0.3 is 19.7 Å². The van der Waals surface area contributed by atoms with Gasteiger partial charge in [-0.2, -0.15) is 0 Å². The lowest BCUT2D eigenvalue weighted by atomic mass is 9.97. The molecule has 5 heteroatoms. The van der Waals surface area contributed by atoms with Crippen molar-refractivity contribution in [2.75, 3.05) is 33.4 Å². The summed E-state index contributed by atoms with van der Waals surface area (Å²) < 4.78 is 11.2. The molecule has 0 aromatic heterocycles. The monoisotopic (exact) mass is 348 g/mol. The number of piperidine rings is 1. The minimum atomic E-state index is 0.106. The molecular weight excluding hydrogens is 316 g/mol. The van der Waals surface area contributed by atoms with E-state index < -0.39 is 0 Å². The van der Waals surface area contributed by atoms with Crippen LogP contribution in [-0.2, 0) is 11.3 Å². The highest BCUT2D eigenvalue weighted by molar-refractivity contribution is 5.79. The average molecular weight is 348 g/mol. The molecule has 0 aliphatic carbocycles. The second-order valence-corrected chi connectivity index (χ2v) is 6.64. The first-order valence-corrected chi connectivity index (χ1v) is 9.48. The molecule has 0 spiro atoms. The van der Waals surface area contributed by atoms with Gasteiger partial charge in [0, 0.05) is 19.6 Å². The Hall–Kier alpha value is -1.75. The Morgan fingerprint density at radius 3 is 2.76 bits per heavy atom. The molecule has 1 amide bonds. The number of methoxy groups -OCH3 is 1. The Kier molecular flexibility index (Phi) is 8.06. The van der Waals surface area contributed by atoms with Crippen molar-refractivity contribution in [2.24, 2.45) is 5.92 Å². The second-order valence-electron chi connectivity index (χ2n) is 6.64. The molecule has 1 fully saturated rings. The van der Waals surface area contributed by atoms with E-state index in [1.807, 2.05) is 23.1 Å². The highest BCUT2D eigenvalue weighted by atomic mass is 16.5. The quantitative estimate of drug-likeness (QED) is 0.744. The van der Waals surface area contributed by atoms with Crippen molar-refractivity contribution >= 4 is 5.91 Å². The zero-order valence-electron chi connectivity index (χ0n) is 15.8. The van der Waals surface area contributed by atoms with Crippen LogP contribution in [0.3, 0.4) is 0 Å². The summed E-state index contributed by atoms with van der Waals surface area (Å²) in [4.78, 5) is 14.9. The van der Waals surface area contributed by atoms with Crippen molar-refractivity contribution in [1.29, 1.82) is 0 Å². The predicted octanol–water partition coefficient (Wildman–Crippen LogP) is 3.22. The second kappa shape index (κ2) is 10.3. The van der Waals surface area contributed by atoms with Crippen LogP contribution in [0.2, 0.25) is 0 Å². The summed E-state index contributed by atoms with van der Waals surface area (Å²) in [6.07, 6.45) is 3.98. The summed E-state index contributed by atoms with van der Waals surface area (Å²) in [7, 11) is 1.65. The number of nitrogens with zero attached hydrogens (tertiary/aromatic N) is 1. The van der Waals surface area contributed by atoms with Gasteiger partial charge in [0.1, 0.15) is 0 Å². The van der Waals surface area contributed by atoms with Crippen LogP contribution in [0.1, 0.15) is 45.1 Å². The van der Waals surface area contributed by atoms with Crippen LogP contribution < -0.4 is 14.8 Å². The smallest absolute Gasteiger partial charge is 0.227 e. The predicted molar refractivity (Wildman–Crippen MR) is 100 cm³/mol. The first-order chi connectivity index (χ1) is 12.2.